The molecule has 0 N–H and O–H groups in total. The van der Waals surface area contributed by atoms with E-state index in [-0.39, 0.29) is 0 Å². The van der Waals surface area contributed by atoms with Gasteiger partial charge in [-0.15, -0.1) is 0 Å². The molecular weight excluding hydrogens is 334 g/mol. The highest BCUT2D eigenvalue weighted by Gasteiger charge is 2.17. The Morgan fingerprint density at radius 1 is 0.778 bits per heavy atom. The second-order valence-electron chi connectivity index (χ2n) is 7.28. The third-order valence-electron chi connectivity index (χ3n) is 5.07. The summed E-state index contributed by atoms with van der Waals surface area (Å²) in [5.41, 5.74) is 5.47. The second-order valence-corrected chi connectivity index (χ2v) is 7.28. The van der Waals surface area contributed by atoms with E-state index >= 15 is 0 Å². The second kappa shape index (κ2) is 7.45. The molecule has 0 unspecified atom stereocenters. The normalized spacial score (nSPS) is 15.1. The van der Waals surface area contributed by atoms with Crippen LogP contribution < -0.4 is 4.90 Å². The van der Waals surface area contributed by atoms with Crippen LogP contribution in [0.1, 0.15) is 11.4 Å². The maximum absolute atomic E-state index is 4.67. The van der Waals surface area contributed by atoms with E-state index in [1.54, 1.807) is 0 Å². The number of benzene rings is 1. The monoisotopic (exact) mass is 359 g/mol. The summed E-state index contributed by atoms with van der Waals surface area (Å²) < 4.78 is 0. The largest absolute Gasteiger partial charge is 0.354 e. The van der Waals surface area contributed by atoms with Gasteiger partial charge < -0.3 is 9.80 Å². The molecule has 0 spiro atoms. The number of hydrogen-bond donors (Lipinski definition) is 0. The third kappa shape index (κ3) is 3.98. The summed E-state index contributed by atoms with van der Waals surface area (Å²) in [4.78, 5) is 18.5. The van der Waals surface area contributed by atoms with Gasteiger partial charge in [-0.1, -0.05) is 29.8 Å². The Balaban J connectivity index is 1.67. The van der Waals surface area contributed by atoms with Crippen LogP contribution in [-0.2, 0) is 0 Å². The molecule has 0 aliphatic carbocycles. The van der Waals surface area contributed by atoms with Crippen molar-refractivity contribution >= 4 is 5.82 Å². The Hall–Kier alpha value is -2.79. The van der Waals surface area contributed by atoms with Crippen molar-refractivity contribution in [2.45, 2.75) is 13.8 Å². The van der Waals surface area contributed by atoms with Crippen LogP contribution in [0.4, 0.5) is 5.82 Å². The predicted molar refractivity (Wildman–Crippen MR) is 110 cm³/mol. The minimum absolute atomic E-state index is 0.794. The van der Waals surface area contributed by atoms with Crippen molar-refractivity contribution < 1.29 is 0 Å². The molecule has 0 bridgehead atoms. The molecule has 138 valence electrons. The van der Waals surface area contributed by atoms with Crippen LogP contribution in [0.3, 0.4) is 0 Å². The first-order valence-corrected chi connectivity index (χ1v) is 9.40. The molecule has 0 atom stereocenters. The van der Waals surface area contributed by atoms with Crippen molar-refractivity contribution in [1.82, 2.24) is 19.9 Å². The van der Waals surface area contributed by atoms with Crippen molar-refractivity contribution in [1.29, 1.82) is 0 Å². The van der Waals surface area contributed by atoms with E-state index < -0.39 is 0 Å². The third-order valence-corrected chi connectivity index (χ3v) is 5.07. The number of aryl methyl sites for hydroxylation is 2. The zero-order chi connectivity index (χ0) is 18.8. The molecule has 3 heterocycles. The Labute approximate surface area is 160 Å². The minimum atomic E-state index is 0.794. The molecule has 27 heavy (non-hydrogen) atoms. The fourth-order valence-electron chi connectivity index (χ4n) is 3.38. The number of nitrogens with zero attached hydrogens (tertiary/aromatic N) is 5. The smallest absolute Gasteiger partial charge is 0.132 e. The van der Waals surface area contributed by atoms with Gasteiger partial charge in [-0.2, -0.15) is 0 Å². The van der Waals surface area contributed by atoms with Crippen LogP contribution in [0, 0.1) is 13.8 Å². The lowest BCUT2D eigenvalue weighted by Gasteiger charge is -2.33. The van der Waals surface area contributed by atoms with E-state index in [9.17, 15) is 0 Å². The highest BCUT2D eigenvalue weighted by molar-refractivity contribution is 5.71. The zero-order valence-electron chi connectivity index (χ0n) is 16.2. The van der Waals surface area contributed by atoms with Crippen molar-refractivity contribution in [2.24, 2.45) is 0 Å². The summed E-state index contributed by atoms with van der Waals surface area (Å²) in [7, 11) is 2.16. The average Bonchev–Trinajstić information content (AvgIpc) is 2.69. The number of hydrogen-bond acceptors (Lipinski definition) is 5. The molecule has 0 amide bonds. The van der Waals surface area contributed by atoms with Crippen molar-refractivity contribution in [2.75, 3.05) is 38.1 Å². The first kappa shape index (κ1) is 17.6. The van der Waals surface area contributed by atoms with E-state index in [4.69, 9.17) is 0 Å². The van der Waals surface area contributed by atoms with Crippen LogP contribution >= 0.6 is 0 Å². The standard InChI is InChI=1S/C22H25N5/c1-16-4-6-18(7-5-16)19-12-20(15-23-14-19)21-13-22(25-17(2)24-21)27-10-8-26(3)9-11-27/h4-7,12-15H,8-11H2,1-3H3. The summed E-state index contributed by atoms with van der Waals surface area (Å²) >= 11 is 0. The maximum Gasteiger partial charge on any atom is 0.132 e. The van der Waals surface area contributed by atoms with Crippen molar-refractivity contribution in [3.8, 4) is 22.4 Å². The van der Waals surface area contributed by atoms with Crippen molar-refractivity contribution in [3.05, 3.63) is 60.2 Å². The quantitative estimate of drug-likeness (QED) is 0.715. The number of anilines is 1. The van der Waals surface area contributed by atoms with Gasteiger partial charge in [0.1, 0.15) is 11.6 Å². The predicted octanol–water partition coefficient (Wildman–Crippen LogP) is 3.57. The Morgan fingerprint density at radius 2 is 1.48 bits per heavy atom. The summed E-state index contributed by atoms with van der Waals surface area (Å²) in [6.45, 7) is 8.16. The van der Waals surface area contributed by atoms with E-state index in [2.05, 4.69) is 75.1 Å². The molecule has 4 rings (SSSR count). The van der Waals surface area contributed by atoms with Gasteiger partial charge in [0.25, 0.3) is 0 Å². The van der Waals surface area contributed by atoms with Crippen LogP contribution in [-0.4, -0.2) is 53.1 Å². The Morgan fingerprint density at radius 3 is 2.22 bits per heavy atom. The molecule has 0 radical (unpaired) electrons. The van der Waals surface area contributed by atoms with Crippen LogP contribution in [0.15, 0.2) is 48.8 Å². The molecule has 1 fully saturated rings. The van der Waals surface area contributed by atoms with E-state index in [1.807, 2.05) is 19.3 Å². The van der Waals surface area contributed by atoms with Gasteiger partial charge in [-0.05, 0) is 32.5 Å². The lowest BCUT2D eigenvalue weighted by atomic mass is 10.0. The van der Waals surface area contributed by atoms with Gasteiger partial charge in [-0.25, -0.2) is 9.97 Å². The Bertz CT molecular complexity index is 928. The van der Waals surface area contributed by atoms with Gasteiger partial charge in [0.2, 0.25) is 0 Å². The number of likely N-dealkylation sites (N-methyl/N-ethyl adjacent to an activating group) is 1. The molecular formula is C22H25N5. The maximum atomic E-state index is 4.67. The van der Waals surface area contributed by atoms with Crippen LogP contribution in [0.5, 0.6) is 0 Å². The number of rotatable bonds is 3. The van der Waals surface area contributed by atoms with Gasteiger partial charge >= 0.3 is 0 Å². The molecule has 0 saturated carbocycles. The van der Waals surface area contributed by atoms with Gasteiger partial charge in [0, 0.05) is 55.8 Å². The first-order chi connectivity index (χ1) is 13.1. The molecule has 3 aromatic rings. The molecule has 5 heteroatoms. The zero-order valence-corrected chi connectivity index (χ0v) is 16.2. The average molecular weight is 359 g/mol. The first-order valence-electron chi connectivity index (χ1n) is 9.40. The summed E-state index contributed by atoms with van der Waals surface area (Å²) in [6, 6.07) is 12.8. The minimum Gasteiger partial charge on any atom is -0.354 e. The number of piperazine rings is 1. The number of aromatic nitrogens is 3. The van der Waals surface area contributed by atoms with Crippen LogP contribution in [0.25, 0.3) is 22.4 Å². The lowest BCUT2D eigenvalue weighted by Crippen LogP contribution is -2.44. The fraction of sp³-hybridized carbons (Fsp3) is 0.318. The topological polar surface area (TPSA) is 45.2 Å². The Kier molecular flexibility index (Phi) is 4.86. The van der Waals surface area contributed by atoms with Crippen LogP contribution in [0.2, 0.25) is 0 Å². The van der Waals surface area contributed by atoms with Gasteiger partial charge in [0.15, 0.2) is 0 Å². The number of pyridine rings is 1. The van der Waals surface area contributed by atoms with Gasteiger partial charge in [-0.3, -0.25) is 4.98 Å². The van der Waals surface area contributed by atoms with Crippen molar-refractivity contribution in [3.63, 3.8) is 0 Å². The fourth-order valence-corrected chi connectivity index (χ4v) is 3.38. The summed E-state index contributed by atoms with van der Waals surface area (Å²) in [5.74, 6) is 1.80. The summed E-state index contributed by atoms with van der Waals surface area (Å²) in [5, 5.41) is 0. The molecule has 1 aromatic carbocycles. The molecule has 1 saturated heterocycles. The van der Waals surface area contributed by atoms with Gasteiger partial charge in [0.05, 0.1) is 5.69 Å². The van der Waals surface area contributed by atoms with E-state index in [0.717, 1.165) is 54.6 Å². The molecule has 1 aliphatic heterocycles. The molecule has 1 aliphatic rings. The summed E-state index contributed by atoms with van der Waals surface area (Å²) in [6.07, 6.45) is 3.79. The van der Waals surface area contributed by atoms with E-state index in [0.29, 0.717) is 0 Å². The lowest BCUT2D eigenvalue weighted by molar-refractivity contribution is 0.312. The SMILES string of the molecule is Cc1ccc(-c2cncc(-c3cc(N4CCN(C)CC4)nc(C)n3)c2)cc1. The molecule has 5 nitrogen and oxygen atoms in total. The highest BCUT2D eigenvalue weighted by atomic mass is 15.3. The van der Waals surface area contributed by atoms with E-state index in [1.165, 1.54) is 11.1 Å². The highest BCUT2D eigenvalue weighted by Crippen LogP contribution is 2.26. The molecule has 2 aromatic heterocycles.